The molecule has 36 heavy (non-hydrogen) atoms. The summed E-state index contributed by atoms with van der Waals surface area (Å²) in [6.07, 6.45) is 3.42. The summed E-state index contributed by atoms with van der Waals surface area (Å²) in [5.74, 6) is 1.55. The number of fused-ring (bicyclic) bond motifs is 1. The van der Waals surface area contributed by atoms with Crippen LogP contribution in [0.15, 0.2) is 73.1 Å². The summed E-state index contributed by atoms with van der Waals surface area (Å²) >= 11 is 0. The highest BCUT2D eigenvalue weighted by Gasteiger charge is 2.15. The smallest absolute Gasteiger partial charge is 0.253 e. The van der Waals surface area contributed by atoms with Crippen molar-refractivity contribution in [3.63, 3.8) is 0 Å². The fourth-order valence-electron chi connectivity index (χ4n) is 3.93. The molecule has 2 N–H and O–H groups in total. The molecule has 9 heteroatoms. The van der Waals surface area contributed by atoms with Gasteiger partial charge in [-0.3, -0.25) is 14.5 Å². The average molecular weight is 480 g/mol. The minimum Gasteiger partial charge on any atom is -0.487 e. The molecule has 0 saturated heterocycles. The third-order valence-corrected chi connectivity index (χ3v) is 5.72. The van der Waals surface area contributed by atoms with Gasteiger partial charge in [0.2, 0.25) is 0 Å². The molecule has 1 amide bonds. The molecule has 0 radical (unpaired) electrons. The van der Waals surface area contributed by atoms with Crippen molar-refractivity contribution in [1.82, 2.24) is 30.0 Å². The van der Waals surface area contributed by atoms with Gasteiger partial charge >= 0.3 is 0 Å². The van der Waals surface area contributed by atoms with Crippen molar-refractivity contribution in [2.75, 3.05) is 12.4 Å². The monoisotopic (exact) mass is 479 g/mol. The van der Waals surface area contributed by atoms with Gasteiger partial charge in [0.05, 0.1) is 28.2 Å². The minimum absolute atomic E-state index is 0.195. The second kappa shape index (κ2) is 9.83. The number of carbonyl (C=O) groups is 1. The minimum atomic E-state index is -0.195. The number of nitrogens with zero attached hydrogens (tertiary/aromatic N) is 5. The summed E-state index contributed by atoms with van der Waals surface area (Å²) in [6.45, 7) is 2.32. The Bertz CT molecular complexity index is 1550. The number of rotatable bonds is 7. The third-order valence-electron chi connectivity index (χ3n) is 5.72. The summed E-state index contributed by atoms with van der Waals surface area (Å²) in [5, 5.41) is 11.2. The number of para-hydroxylation sites is 1. The quantitative estimate of drug-likeness (QED) is 0.356. The molecule has 180 valence electrons. The van der Waals surface area contributed by atoms with E-state index in [1.165, 1.54) is 0 Å². The molecule has 0 unspecified atom stereocenters. The van der Waals surface area contributed by atoms with E-state index in [0.717, 1.165) is 27.9 Å². The van der Waals surface area contributed by atoms with Gasteiger partial charge < -0.3 is 15.4 Å². The molecule has 0 spiro atoms. The largest absolute Gasteiger partial charge is 0.487 e. The van der Waals surface area contributed by atoms with E-state index in [1.807, 2.05) is 73.3 Å². The molecule has 0 aliphatic heterocycles. The maximum Gasteiger partial charge on any atom is 0.253 e. The number of carbonyl (C=O) groups excluding carboxylic acids is 1. The van der Waals surface area contributed by atoms with Crippen LogP contribution in [0.1, 0.15) is 21.7 Å². The number of aromatic nitrogens is 5. The lowest BCUT2D eigenvalue weighted by atomic mass is 10.1. The number of ether oxygens (including phenoxy) is 1. The molecule has 0 bridgehead atoms. The van der Waals surface area contributed by atoms with Gasteiger partial charge in [-0.1, -0.05) is 12.1 Å². The van der Waals surface area contributed by atoms with Crippen LogP contribution >= 0.6 is 0 Å². The van der Waals surface area contributed by atoms with Crippen LogP contribution in [0.5, 0.6) is 5.75 Å². The van der Waals surface area contributed by atoms with Gasteiger partial charge in [0.1, 0.15) is 18.2 Å². The van der Waals surface area contributed by atoms with Crippen LogP contribution < -0.4 is 15.4 Å². The lowest BCUT2D eigenvalue weighted by Gasteiger charge is -2.15. The Labute approximate surface area is 208 Å². The summed E-state index contributed by atoms with van der Waals surface area (Å²) in [6, 6.07) is 18.7. The van der Waals surface area contributed by atoms with E-state index in [1.54, 1.807) is 25.5 Å². The van der Waals surface area contributed by atoms with Gasteiger partial charge in [0, 0.05) is 37.4 Å². The van der Waals surface area contributed by atoms with Crippen LogP contribution in [0.4, 0.5) is 11.5 Å². The van der Waals surface area contributed by atoms with Crippen molar-refractivity contribution in [1.29, 1.82) is 0 Å². The van der Waals surface area contributed by atoms with E-state index in [2.05, 4.69) is 20.7 Å². The van der Waals surface area contributed by atoms with Gasteiger partial charge in [-0.15, -0.1) is 0 Å². The van der Waals surface area contributed by atoms with Crippen LogP contribution in [-0.2, 0) is 13.7 Å². The number of hydrogen-bond donors (Lipinski definition) is 2. The Morgan fingerprint density at radius 2 is 1.92 bits per heavy atom. The molecule has 5 aromatic rings. The molecule has 5 rings (SSSR count). The Morgan fingerprint density at radius 3 is 2.67 bits per heavy atom. The topological polar surface area (TPSA) is 107 Å². The zero-order valence-corrected chi connectivity index (χ0v) is 20.2. The summed E-state index contributed by atoms with van der Waals surface area (Å²) < 4.78 is 7.88. The number of benzene rings is 2. The van der Waals surface area contributed by atoms with Crippen LogP contribution in [0.2, 0.25) is 0 Å². The fraction of sp³-hybridized carbons (Fsp3) is 0.148. The first-order valence-electron chi connectivity index (χ1n) is 11.4. The second-order valence-corrected chi connectivity index (χ2v) is 8.26. The van der Waals surface area contributed by atoms with E-state index in [-0.39, 0.29) is 5.91 Å². The molecule has 0 aliphatic rings. The number of nitrogens with one attached hydrogen (secondary N) is 2. The summed E-state index contributed by atoms with van der Waals surface area (Å²) in [4.78, 5) is 26.2. The normalized spacial score (nSPS) is 10.9. The number of amides is 1. The molecule has 0 atom stereocenters. The Kier molecular flexibility index (Phi) is 6.27. The van der Waals surface area contributed by atoms with Crippen molar-refractivity contribution in [2.45, 2.75) is 13.5 Å². The van der Waals surface area contributed by atoms with E-state index >= 15 is 0 Å². The molecular formula is C27H25N7O2. The van der Waals surface area contributed by atoms with Crippen LogP contribution in [0.3, 0.4) is 0 Å². The maximum absolute atomic E-state index is 12.5. The maximum atomic E-state index is 12.5. The summed E-state index contributed by atoms with van der Waals surface area (Å²) in [7, 11) is 3.50. The summed E-state index contributed by atoms with van der Waals surface area (Å²) in [5.41, 5.74) is 4.56. The lowest BCUT2D eigenvalue weighted by Crippen LogP contribution is -2.19. The first-order chi connectivity index (χ1) is 17.5. The first-order valence-corrected chi connectivity index (χ1v) is 11.4. The van der Waals surface area contributed by atoms with Crippen molar-refractivity contribution in [3.8, 4) is 17.1 Å². The van der Waals surface area contributed by atoms with E-state index < -0.39 is 0 Å². The van der Waals surface area contributed by atoms with Crippen molar-refractivity contribution in [3.05, 3.63) is 90.0 Å². The average Bonchev–Trinajstić information content (AvgIpc) is 3.24. The molecule has 3 aromatic heterocycles. The SMILES string of the molecule is CNC(=O)c1ccccc1Nc1nc(-c2cccnc2)nc2ccc(OCc3cc(C)nn3C)cc12. The zero-order chi connectivity index (χ0) is 25.1. The van der Waals surface area contributed by atoms with Gasteiger partial charge in [-0.05, 0) is 55.5 Å². The van der Waals surface area contributed by atoms with Gasteiger partial charge in [0.25, 0.3) is 5.91 Å². The number of pyridine rings is 1. The van der Waals surface area contributed by atoms with E-state index in [4.69, 9.17) is 14.7 Å². The van der Waals surface area contributed by atoms with Crippen LogP contribution in [0.25, 0.3) is 22.3 Å². The standard InChI is InChI=1S/C27H25N7O2/c1-17-13-19(34(3)33-17)16-36-20-10-11-24-22(14-20)26(32-25(30-24)18-7-6-12-29-15-18)31-23-9-5-4-8-21(23)27(35)28-2/h4-15H,16H2,1-3H3,(H,28,35)(H,30,31,32). The van der Waals surface area contributed by atoms with Gasteiger partial charge in [-0.2, -0.15) is 5.10 Å². The van der Waals surface area contributed by atoms with Gasteiger partial charge in [-0.25, -0.2) is 9.97 Å². The molecule has 2 aromatic carbocycles. The van der Waals surface area contributed by atoms with Gasteiger partial charge in [0.15, 0.2) is 5.82 Å². The Morgan fingerprint density at radius 1 is 1.06 bits per heavy atom. The highest BCUT2D eigenvalue weighted by molar-refractivity contribution is 6.01. The predicted octanol–water partition coefficient (Wildman–Crippen LogP) is 4.42. The molecule has 0 saturated carbocycles. The molecule has 9 nitrogen and oxygen atoms in total. The number of hydrogen-bond acceptors (Lipinski definition) is 7. The third kappa shape index (κ3) is 4.72. The number of aryl methyl sites for hydroxylation is 2. The fourth-order valence-corrected chi connectivity index (χ4v) is 3.93. The number of anilines is 2. The van der Waals surface area contributed by atoms with Crippen LogP contribution in [0, 0.1) is 6.92 Å². The first kappa shape index (κ1) is 23.0. The molecule has 3 heterocycles. The van der Waals surface area contributed by atoms with Crippen molar-refractivity contribution in [2.24, 2.45) is 7.05 Å². The lowest BCUT2D eigenvalue weighted by molar-refractivity contribution is 0.0964. The Hall–Kier alpha value is -4.79. The molecule has 0 aliphatic carbocycles. The molecular weight excluding hydrogens is 454 g/mol. The van der Waals surface area contributed by atoms with Crippen molar-refractivity contribution < 1.29 is 9.53 Å². The Balaban J connectivity index is 1.57. The second-order valence-electron chi connectivity index (χ2n) is 8.26. The van der Waals surface area contributed by atoms with Crippen molar-refractivity contribution >= 4 is 28.3 Å². The zero-order valence-electron chi connectivity index (χ0n) is 20.2. The predicted molar refractivity (Wildman–Crippen MR) is 138 cm³/mol. The van der Waals surface area contributed by atoms with E-state index in [0.29, 0.717) is 35.2 Å². The van der Waals surface area contributed by atoms with E-state index in [9.17, 15) is 4.79 Å². The van der Waals surface area contributed by atoms with Crippen LogP contribution in [-0.4, -0.2) is 37.7 Å². The highest BCUT2D eigenvalue weighted by Crippen LogP contribution is 2.31. The highest BCUT2D eigenvalue weighted by atomic mass is 16.5. The molecule has 0 fully saturated rings.